The van der Waals surface area contributed by atoms with Crippen LogP contribution in [0.1, 0.15) is 26.6 Å². The smallest absolute Gasteiger partial charge is 0.326 e. The van der Waals surface area contributed by atoms with Gasteiger partial charge in [0.25, 0.3) is 0 Å². The first kappa shape index (κ1) is 14.9. The molecule has 19 heavy (non-hydrogen) atoms. The Morgan fingerprint density at radius 2 is 2.16 bits per heavy atom. The molecular weight excluding hydrogens is 250 g/mol. The van der Waals surface area contributed by atoms with Gasteiger partial charge in [-0.15, -0.1) is 0 Å². The lowest BCUT2D eigenvalue weighted by molar-refractivity contribution is -0.142. The minimum Gasteiger partial charge on any atom is -0.480 e. The lowest BCUT2D eigenvalue weighted by atomic mass is 9.87. The maximum atomic E-state index is 11.9. The Morgan fingerprint density at radius 3 is 2.58 bits per heavy atom. The molecular formula is C11H19N5O3. The molecule has 0 aliphatic carbocycles. The fraction of sp³-hybridized carbons (Fsp3) is 0.636. The number of aliphatic carboxylic acids is 1. The molecule has 8 heteroatoms. The molecule has 0 bridgehead atoms. The van der Waals surface area contributed by atoms with E-state index in [1.54, 1.807) is 27.8 Å². The van der Waals surface area contributed by atoms with Crippen LogP contribution in [0.3, 0.4) is 0 Å². The molecule has 0 aliphatic rings. The maximum Gasteiger partial charge on any atom is 0.326 e. The molecule has 0 spiro atoms. The molecule has 0 fully saturated rings. The van der Waals surface area contributed by atoms with Gasteiger partial charge in [-0.3, -0.25) is 5.10 Å². The van der Waals surface area contributed by atoms with Crippen LogP contribution in [-0.2, 0) is 11.3 Å². The lowest BCUT2D eigenvalue weighted by Gasteiger charge is -2.29. The van der Waals surface area contributed by atoms with Gasteiger partial charge in [0.2, 0.25) is 0 Å². The van der Waals surface area contributed by atoms with Crippen molar-refractivity contribution in [3.63, 3.8) is 0 Å². The van der Waals surface area contributed by atoms with E-state index in [4.69, 9.17) is 5.11 Å². The molecule has 2 amide bonds. The third-order valence-electron chi connectivity index (χ3n) is 2.58. The summed E-state index contributed by atoms with van der Waals surface area (Å²) in [6, 6.07) is -1.43. The fourth-order valence-corrected chi connectivity index (χ4v) is 1.49. The molecule has 1 atom stereocenters. The van der Waals surface area contributed by atoms with Crippen LogP contribution < -0.4 is 5.32 Å². The van der Waals surface area contributed by atoms with Crippen LogP contribution in [0.15, 0.2) is 6.33 Å². The number of nitrogens with one attached hydrogen (secondary N) is 2. The third-order valence-corrected chi connectivity index (χ3v) is 2.58. The number of hydrogen-bond donors (Lipinski definition) is 3. The summed E-state index contributed by atoms with van der Waals surface area (Å²) in [6.45, 7) is 5.48. The van der Waals surface area contributed by atoms with E-state index in [2.05, 4.69) is 20.5 Å². The van der Waals surface area contributed by atoms with Gasteiger partial charge in [-0.05, 0) is 5.41 Å². The van der Waals surface area contributed by atoms with Gasteiger partial charge in [-0.1, -0.05) is 20.8 Å². The number of carbonyl (C=O) groups excluding carboxylic acids is 1. The number of rotatable bonds is 4. The predicted octanol–water partition coefficient (Wildman–Crippen LogP) is 0.445. The summed E-state index contributed by atoms with van der Waals surface area (Å²) < 4.78 is 0. The minimum absolute atomic E-state index is 0.225. The van der Waals surface area contributed by atoms with Gasteiger partial charge in [0, 0.05) is 7.05 Å². The Labute approximate surface area is 111 Å². The zero-order valence-corrected chi connectivity index (χ0v) is 11.5. The molecule has 0 radical (unpaired) electrons. The number of amides is 2. The van der Waals surface area contributed by atoms with E-state index >= 15 is 0 Å². The van der Waals surface area contributed by atoms with Gasteiger partial charge in [0.1, 0.15) is 18.2 Å². The van der Waals surface area contributed by atoms with Gasteiger partial charge in [-0.25, -0.2) is 14.6 Å². The number of H-pyrrole nitrogens is 1. The van der Waals surface area contributed by atoms with E-state index in [1.807, 2.05) is 0 Å². The number of aromatic amines is 1. The van der Waals surface area contributed by atoms with Gasteiger partial charge >= 0.3 is 12.0 Å². The number of carboxylic acids is 1. The Balaban J connectivity index is 2.64. The van der Waals surface area contributed by atoms with Crippen molar-refractivity contribution >= 4 is 12.0 Å². The van der Waals surface area contributed by atoms with Gasteiger partial charge in [0.05, 0.1) is 6.54 Å². The van der Waals surface area contributed by atoms with Crippen LogP contribution in [-0.4, -0.2) is 50.3 Å². The zero-order valence-electron chi connectivity index (χ0n) is 11.5. The van der Waals surface area contributed by atoms with Crippen molar-refractivity contribution in [3.8, 4) is 0 Å². The summed E-state index contributed by atoms with van der Waals surface area (Å²) in [6.07, 6.45) is 1.34. The Hall–Kier alpha value is -2.12. The molecule has 0 aliphatic heterocycles. The number of carbonyl (C=O) groups is 2. The quantitative estimate of drug-likeness (QED) is 0.734. The molecule has 1 rings (SSSR count). The second-order valence-electron chi connectivity index (χ2n) is 5.37. The molecule has 0 saturated heterocycles. The first-order valence-electron chi connectivity index (χ1n) is 5.80. The van der Waals surface area contributed by atoms with E-state index in [-0.39, 0.29) is 6.54 Å². The van der Waals surface area contributed by atoms with Gasteiger partial charge < -0.3 is 15.3 Å². The predicted molar refractivity (Wildman–Crippen MR) is 67.3 cm³/mol. The summed E-state index contributed by atoms with van der Waals surface area (Å²) in [5.41, 5.74) is -0.575. The molecule has 3 N–H and O–H groups in total. The highest BCUT2D eigenvalue weighted by Gasteiger charge is 2.33. The molecule has 0 aromatic carbocycles. The second-order valence-corrected chi connectivity index (χ2v) is 5.37. The lowest BCUT2D eigenvalue weighted by Crippen LogP contribution is -2.52. The Bertz CT molecular complexity index is 438. The molecule has 1 aromatic heterocycles. The van der Waals surface area contributed by atoms with Crippen LogP contribution >= 0.6 is 0 Å². The first-order valence-corrected chi connectivity index (χ1v) is 5.80. The highest BCUT2D eigenvalue weighted by Crippen LogP contribution is 2.19. The Morgan fingerprint density at radius 1 is 1.53 bits per heavy atom. The van der Waals surface area contributed by atoms with Crippen LogP contribution in [0.25, 0.3) is 0 Å². The Kier molecular flexibility index (Phi) is 4.47. The monoisotopic (exact) mass is 269 g/mol. The average molecular weight is 269 g/mol. The number of urea groups is 1. The van der Waals surface area contributed by atoms with E-state index < -0.39 is 23.5 Å². The molecule has 0 unspecified atom stereocenters. The summed E-state index contributed by atoms with van der Waals surface area (Å²) in [4.78, 5) is 28.3. The summed E-state index contributed by atoms with van der Waals surface area (Å²) in [7, 11) is 1.55. The molecule has 106 valence electrons. The van der Waals surface area contributed by atoms with Crippen LogP contribution in [0, 0.1) is 5.41 Å². The van der Waals surface area contributed by atoms with Crippen molar-refractivity contribution in [3.05, 3.63) is 12.2 Å². The van der Waals surface area contributed by atoms with E-state index in [0.717, 1.165) is 0 Å². The summed E-state index contributed by atoms with van der Waals surface area (Å²) in [5, 5.41) is 17.9. The van der Waals surface area contributed by atoms with Crippen molar-refractivity contribution in [2.45, 2.75) is 33.4 Å². The standard InChI is InChI=1S/C11H19N5O3/c1-11(2,3)8(9(17)18)14-10(19)16(4)5-7-12-6-13-15-7/h6,8H,5H2,1-4H3,(H,14,19)(H,17,18)(H,12,13,15)/t8-/m0/s1. The topological polar surface area (TPSA) is 111 Å². The van der Waals surface area contributed by atoms with Gasteiger partial charge in [0.15, 0.2) is 0 Å². The normalized spacial score (nSPS) is 12.8. The highest BCUT2D eigenvalue weighted by atomic mass is 16.4. The first-order chi connectivity index (χ1) is 8.71. The van der Waals surface area contributed by atoms with E-state index in [0.29, 0.717) is 5.82 Å². The van der Waals surface area contributed by atoms with Crippen molar-refractivity contribution < 1.29 is 14.7 Å². The number of hydrogen-bond acceptors (Lipinski definition) is 4. The van der Waals surface area contributed by atoms with Crippen molar-refractivity contribution in [1.82, 2.24) is 25.4 Å². The van der Waals surface area contributed by atoms with Gasteiger partial charge in [-0.2, -0.15) is 5.10 Å². The maximum absolute atomic E-state index is 11.9. The van der Waals surface area contributed by atoms with Crippen molar-refractivity contribution in [2.75, 3.05) is 7.05 Å². The average Bonchev–Trinajstić information content (AvgIpc) is 2.75. The van der Waals surface area contributed by atoms with Crippen LogP contribution in [0.2, 0.25) is 0 Å². The molecule has 8 nitrogen and oxygen atoms in total. The summed E-state index contributed by atoms with van der Waals surface area (Å²) in [5.74, 6) is -0.533. The zero-order chi connectivity index (χ0) is 14.6. The van der Waals surface area contributed by atoms with Crippen molar-refractivity contribution in [1.29, 1.82) is 0 Å². The molecule has 1 aromatic rings. The highest BCUT2D eigenvalue weighted by molar-refractivity contribution is 5.83. The SMILES string of the molecule is CN(Cc1ncn[nH]1)C(=O)N[C@@H](C(=O)O)C(C)(C)C. The van der Waals surface area contributed by atoms with E-state index in [1.165, 1.54) is 11.2 Å². The number of aromatic nitrogens is 3. The largest absolute Gasteiger partial charge is 0.480 e. The number of carboxylic acid groups (broad SMARTS) is 1. The van der Waals surface area contributed by atoms with E-state index in [9.17, 15) is 9.59 Å². The summed E-state index contributed by atoms with van der Waals surface area (Å²) >= 11 is 0. The van der Waals surface area contributed by atoms with Crippen LogP contribution in [0.5, 0.6) is 0 Å². The minimum atomic E-state index is -1.06. The van der Waals surface area contributed by atoms with Crippen molar-refractivity contribution in [2.24, 2.45) is 5.41 Å². The second kappa shape index (κ2) is 5.68. The molecule has 1 heterocycles. The third kappa shape index (κ3) is 4.23. The molecule has 0 saturated carbocycles. The number of nitrogens with zero attached hydrogens (tertiary/aromatic N) is 3. The fourth-order valence-electron chi connectivity index (χ4n) is 1.49. The van der Waals surface area contributed by atoms with Crippen LogP contribution in [0.4, 0.5) is 4.79 Å².